The Labute approximate surface area is 113 Å². The second-order valence-electron chi connectivity index (χ2n) is 3.96. The van der Waals surface area contributed by atoms with Crippen molar-refractivity contribution in [2.45, 2.75) is 13.3 Å². The van der Waals surface area contributed by atoms with E-state index in [1.165, 1.54) is 10.4 Å². The minimum Gasteiger partial charge on any atom is -0.382 e. The summed E-state index contributed by atoms with van der Waals surface area (Å²) in [6.45, 7) is 2.16. The van der Waals surface area contributed by atoms with Crippen LogP contribution in [0.5, 0.6) is 0 Å². The summed E-state index contributed by atoms with van der Waals surface area (Å²) in [6, 6.07) is 6.27. The van der Waals surface area contributed by atoms with Crippen LogP contribution in [0.15, 0.2) is 29.0 Å². The molecule has 3 N–H and O–H groups in total. The Morgan fingerprint density at radius 1 is 1.28 bits per heavy atom. The predicted molar refractivity (Wildman–Crippen MR) is 79.0 cm³/mol. The maximum absolute atomic E-state index is 6.00. The number of hydrogen-bond donors (Lipinski definition) is 2. The van der Waals surface area contributed by atoms with E-state index in [1.54, 1.807) is 22.7 Å². The van der Waals surface area contributed by atoms with Crippen molar-refractivity contribution in [3.05, 3.63) is 34.5 Å². The number of thiophene rings is 2. The summed E-state index contributed by atoms with van der Waals surface area (Å²) in [4.78, 5) is 2.40. The van der Waals surface area contributed by atoms with Crippen LogP contribution in [0.1, 0.15) is 12.5 Å². The zero-order chi connectivity index (χ0) is 12.5. The molecule has 0 amide bonds. The van der Waals surface area contributed by atoms with Gasteiger partial charge in [0.2, 0.25) is 0 Å². The quantitative estimate of drug-likeness (QED) is 0.758. The van der Waals surface area contributed by atoms with Gasteiger partial charge < -0.3 is 5.73 Å². The number of hydrogen-bond acceptors (Lipinski definition) is 4. The van der Waals surface area contributed by atoms with Crippen LogP contribution in [0.2, 0.25) is 0 Å². The normalized spacial score (nSPS) is 10.9. The number of anilines is 1. The maximum atomic E-state index is 6.00. The van der Waals surface area contributed by atoms with Crippen LogP contribution in [0.25, 0.3) is 21.0 Å². The van der Waals surface area contributed by atoms with E-state index < -0.39 is 0 Å². The smallest absolute Gasteiger partial charge is 0.154 e. The van der Waals surface area contributed by atoms with Crippen molar-refractivity contribution in [2.24, 2.45) is 0 Å². The van der Waals surface area contributed by atoms with Gasteiger partial charge >= 0.3 is 0 Å². The third kappa shape index (κ3) is 1.76. The average Bonchev–Trinajstić information content (AvgIpc) is 3.07. The third-order valence-corrected chi connectivity index (χ3v) is 4.78. The molecule has 0 saturated heterocycles. The summed E-state index contributed by atoms with van der Waals surface area (Å²) >= 11 is 3.41. The second kappa shape index (κ2) is 4.59. The Bertz CT molecular complexity index is 650. The molecule has 0 unspecified atom stereocenters. The van der Waals surface area contributed by atoms with Crippen molar-refractivity contribution in [3.8, 4) is 21.0 Å². The van der Waals surface area contributed by atoms with Crippen molar-refractivity contribution >= 4 is 28.5 Å². The number of nitrogens with two attached hydrogens (primary N) is 1. The number of aromatic amines is 1. The molecule has 3 nitrogen and oxygen atoms in total. The number of nitrogen functional groups attached to an aromatic ring is 1. The lowest BCUT2D eigenvalue weighted by molar-refractivity contribution is 1.10. The first-order chi connectivity index (χ1) is 8.81. The first kappa shape index (κ1) is 11.5. The molecule has 3 aromatic heterocycles. The van der Waals surface area contributed by atoms with Crippen LogP contribution >= 0.6 is 22.7 Å². The highest BCUT2D eigenvalue weighted by Crippen LogP contribution is 2.40. The molecule has 0 aliphatic rings. The summed E-state index contributed by atoms with van der Waals surface area (Å²) in [7, 11) is 0. The molecular formula is C13H13N3S2. The topological polar surface area (TPSA) is 54.7 Å². The number of aryl methyl sites for hydroxylation is 1. The van der Waals surface area contributed by atoms with Gasteiger partial charge in [-0.2, -0.15) is 5.10 Å². The zero-order valence-corrected chi connectivity index (χ0v) is 11.6. The number of H-pyrrole nitrogens is 1. The van der Waals surface area contributed by atoms with Gasteiger partial charge in [0.25, 0.3) is 0 Å². The molecule has 0 fully saturated rings. The lowest BCUT2D eigenvalue weighted by Gasteiger charge is -2.02. The lowest BCUT2D eigenvalue weighted by atomic mass is 10.1. The van der Waals surface area contributed by atoms with Crippen molar-refractivity contribution in [3.63, 3.8) is 0 Å². The van der Waals surface area contributed by atoms with Gasteiger partial charge in [0, 0.05) is 4.88 Å². The van der Waals surface area contributed by atoms with Gasteiger partial charge in [-0.1, -0.05) is 13.0 Å². The second-order valence-corrected chi connectivity index (χ2v) is 5.83. The number of aromatic nitrogens is 2. The van der Waals surface area contributed by atoms with E-state index in [-0.39, 0.29) is 0 Å². The number of nitrogens with zero attached hydrogens (tertiary/aromatic N) is 1. The van der Waals surface area contributed by atoms with Gasteiger partial charge in [0.1, 0.15) is 0 Å². The third-order valence-electron chi connectivity index (χ3n) is 2.92. The standard InChI is InChI=1S/C13H13N3S2/c1-2-8-5-7-18-12(8)11-10(13(14)16-15-11)9-4-3-6-17-9/h3-7H,2H2,1H3,(H3,14,15,16). The van der Waals surface area contributed by atoms with Gasteiger partial charge in [-0.3, -0.25) is 5.10 Å². The van der Waals surface area contributed by atoms with Crippen LogP contribution < -0.4 is 5.73 Å². The fourth-order valence-corrected chi connectivity index (χ4v) is 3.81. The molecule has 0 spiro atoms. The summed E-state index contributed by atoms with van der Waals surface area (Å²) in [5.74, 6) is 0.572. The molecule has 92 valence electrons. The molecule has 0 aromatic carbocycles. The lowest BCUT2D eigenvalue weighted by Crippen LogP contribution is -1.87. The summed E-state index contributed by atoms with van der Waals surface area (Å²) in [5.41, 5.74) is 9.41. The van der Waals surface area contributed by atoms with Crippen LogP contribution in [0.3, 0.4) is 0 Å². The molecule has 0 atom stereocenters. The van der Waals surface area contributed by atoms with Gasteiger partial charge in [0.05, 0.1) is 16.1 Å². The summed E-state index contributed by atoms with van der Waals surface area (Å²) in [6.07, 6.45) is 1.02. The van der Waals surface area contributed by atoms with E-state index in [0.717, 1.165) is 22.6 Å². The van der Waals surface area contributed by atoms with Gasteiger partial charge in [-0.25, -0.2) is 0 Å². The highest BCUT2D eigenvalue weighted by Gasteiger charge is 2.18. The van der Waals surface area contributed by atoms with Crippen LogP contribution in [0, 0.1) is 0 Å². The molecule has 3 heterocycles. The molecule has 0 bridgehead atoms. The molecule has 3 aromatic rings. The molecule has 3 rings (SSSR count). The van der Waals surface area contributed by atoms with E-state index in [0.29, 0.717) is 5.82 Å². The Hall–Kier alpha value is -1.59. The van der Waals surface area contributed by atoms with E-state index in [2.05, 4.69) is 40.0 Å². The van der Waals surface area contributed by atoms with Crippen LogP contribution in [0.4, 0.5) is 5.82 Å². The van der Waals surface area contributed by atoms with Gasteiger partial charge in [-0.15, -0.1) is 22.7 Å². The highest BCUT2D eigenvalue weighted by molar-refractivity contribution is 7.14. The molecule has 0 radical (unpaired) electrons. The first-order valence-electron chi connectivity index (χ1n) is 5.75. The number of nitrogens with one attached hydrogen (secondary N) is 1. The predicted octanol–water partition coefficient (Wildman–Crippen LogP) is 4.01. The molecule has 0 aliphatic heterocycles. The van der Waals surface area contributed by atoms with Crippen LogP contribution in [-0.2, 0) is 6.42 Å². The van der Waals surface area contributed by atoms with Crippen LogP contribution in [-0.4, -0.2) is 10.2 Å². The monoisotopic (exact) mass is 275 g/mol. The minimum absolute atomic E-state index is 0.572. The van der Waals surface area contributed by atoms with E-state index >= 15 is 0 Å². The zero-order valence-electron chi connectivity index (χ0n) is 9.93. The maximum Gasteiger partial charge on any atom is 0.154 e. The van der Waals surface area contributed by atoms with Gasteiger partial charge in [-0.05, 0) is 34.9 Å². The largest absolute Gasteiger partial charge is 0.382 e. The Kier molecular flexibility index (Phi) is 2.93. The SMILES string of the molecule is CCc1ccsc1-c1[nH]nc(N)c1-c1cccs1. The molecule has 0 aliphatic carbocycles. The van der Waals surface area contributed by atoms with Crippen molar-refractivity contribution < 1.29 is 0 Å². The van der Waals surface area contributed by atoms with E-state index in [9.17, 15) is 0 Å². The van der Waals surface area contributed by atoms with E-state index in [1.807, 2.05) is 6.07 Å². The van der Waals surface area contributed by atoms with Crippen molar-refractivity contribution in [2.75, 3.05) is 5.73 Å². The Morgan fingerprint density at radius 3 is 2.89 bits per heavy atom. The Morgan fingerprint density at radius 2 is 2.17 bits per heavy atom. The average molecular weight is 275 g/mol. The minimum atomic E-state index is 0.572. The number of rotatable bonds is 3. The molecule has 18 heavy (non-hydrogen) atoms. The molecule has 0 saturated carbocycles. The van der Waals surface area contributed by atoms with E-state index in [4.69, 9.17) is 5.73 Å². The highest BCUT2D eigenvalue weighted by atomic mass is 32.1. The first-order valence-corrected chi connectivity index (χ1v) is 7.51. The summed E-state index contributed by atoms with van der Waals surface area (Å²) < 4.78 is 0. The fourth-order valence-electron chi connectivity index (χ4n) is 2.02. The van der Waals surface area contributed by atoms with Crippen molar-refractivity contribution in [1.29, 1.82) is 0 Å². The molecular weight excluding hydrogens is 262 g/mol. The van der Waals surface area contributed by atoms with Crippen molar-refractivity contribution in [1.82, 2.24) is 10.2 Å². The fraction of sp³-hybridized carbons (Fsp3) is 0.154. The van der Waals surface area contributed by atoms with Gasteiger partial charge in [0.15, 0.2) is 5.82 Å². The Balaban J connectivity index is 2.20. The summed E-state index contributed by atoms with van der Waals surface area (Å²) in [5, 5.41) is 11.4. The molecule has 5 heteroatoms.